The summed E-state index contributed by atoms with van der Waals surface area (Å²) in [6, 6.07) is 10.5. The lowest BCUT2D eigenvalue weighted by molar-refractivity contribution is -0.0461. The summed E-state index contributed by atoms with van der Waals surface area (Å²) in [5, 5.41) is 3.63. The molecule has 1 saturated heterocycles. The lowest BCUT2D eigenvalue weighted by Gasteiger charge is -2.43. The molecule has 0 amide bonds. The van der Waals surface area contributed by atoms with Crippen LogP contribution in [0.4, 0.5) is 0 Å². The third kappa shape index (κ3) is 5.10. The van der Waals surface area contributed by atoms with Gasteiger partial charge < -0.3 is 4.74 Å². The fourth-order valence-electron chi connectivity index (χ4n) is 3.64. The number of ether oxygens (including phenoxy) is 1. The van der Waals surface area contributed by atoms with Gasteiger partial charge in [0.05, 0.1) is 6.61 Å². The van der Waals surface area contributed by atoms with Gasteiger partial charge in [0.15, 0.2) is 0 Å². The first kappa shape index (κ1) is 17.5. The highest BCUT2D eigenvalue weighted by Gasteiger charge is 2.37. The van der Waals surface area contributed by atoms with Gasteiger partial charge in [-0.2, -0.15) is 0 Å². The topological polar surface area (TPSA) is 21.3 Å². The van der Waals surface area contributed by atoms with E-state index < -0.39 is 0 Å². The molecule has 0 radical (unpaired) electrons. The van der Waals surface area contributed by atoms with Crippen molar-refractivity contribution in [2.24, 2.45) is 17.3 Å². The van der Waals surface area contributed by atoms with Gasteiger partial charge in [0.2, 0.25) is 0 Å². The van der Waals surface area contributed by atoms with E-state index in [1.54, 1.807) is 0 Å². The zero-order valence-electron chi connectivity index (χ0n) is 14.8. The molecule has 0 aromatic heterocycles. The van der Waals surface area contributed by atoms with E-state index in [1.165, 1.54) is 24.8 Å². The zero-order chi connectivity index (χ0) is 16.0. The third-order valence-electron chi connectivity index (χ3n) is 4.99. The Morgan fingerprint density at radius 2 is 1.91 bits per heavy atom. The largest absolute Gasteiger partial charge is 0.359 e. The Labute approximate surface area is 136 Å². The molecule has 1 aromatic rings. The van der Waals surface area contributed by atoms with Crippen LogP contribution < -0.4 is 5.32 Å². The van der Waals surface area contributed by atoms with E-state index in [9.17, 15) is 0 Å². The van der Waals surface area contributed by atoms with Crippen LogP contribution >= 0.6 is 0 Å². The minimum Gasteiger partial charge on any atom is -0.359 e. The highest BCUT2D eigenvalue weighted by Crippen LogP contribution is 2.39. The van der Waals surface area contributed by atoms with Crippen molar-refractivity contribution in [3.63, 3.8) is 0 Å². The van der Waals surface area contributed by atoms with Crippen molar-refractivity contribution in [2.45, 2.75) is 66.2 Å². The molecule has 22 heavy (non-hydrogen) atoms. The SMILES string of the molecule is CCCCC1CC(OCc2ccccc2)NCC1C(C)(C)C. The maximum absolute atomic E-state index is 6.13. The monoisotopic (exact) mass is 303 g/mol. The number of piperidine rings is 1. The predicted molar refractivity (Wildman–Crippen MR) is 93.6 cm³/mol. The molecular formula is C20H33NO. The molecule has 1 fully saturated rings. The summed E-state index contributed by atoms with van der Waals surface area (Å²) in [4.78, 5) is 0. The van der Waals surface area contributed by atoms with Gasteiger partial charge >= 0.3 is 0 Å². The maximum atomic E-state index is 6.13. The Hall–Kier alpha value is -0.860. The summed E-state index contributed by atoms with van der Waals surface area (Å²) in [7, 11) is 0. The van der Waals surface area contributed by atoms with Crippen LogP contribution in [0, 0.1) is 17.3 Å². The van der Waals surface area contributed by atoms with E-state index in [0.29, 0.717) is 12.0 Å². The first-order valence-corrected chi connectivity index (χ1v) is 8.89. The highest BCUT2D eigenvalue weighted by molar-refractivity contribution is 5.13. The lowest BCUT2D eigenvalue weighted by Crippen LogP contribution is -2.49. The van der Waals surface area contributed by atoms with Crippen LogP contribution in [-0.2, 0) is 11.3 Å². The molecule has 1 heterocycles. The van der Waals surface area contributed by atoms with E-state index in [2.05, 4.69) is 63.3 Å². The number of benzene rings is 1. The van der Waals surface area contributed by atoms with Crippen molar-refractivity contribution in [3.8, 4) is 0 Å². The fraction of sp³-hybridized carbons (Fsp3) is 0.700. The smallest absolute Gasteiger partial charge is 0.108 e. The van der Waals surface area contributed by atoms with E-state index in [-0.39, 0.29) is 6.23 Å². The van der Waals surface area contributed by atoms with E-state index >= 15 is 0 Å². The number of hydrogen-bond acceptors (Lipinski definition) is 2. The van der Waals surface area contributed by atoms with Crippen molar-refractivity contribution in [2.75, 3.05) is 6.54 Å². The van der Waals surface area contributed by atoms with Gasteiger partial charge in [-0.15, -0.1) is 0 Å². The maximum Gasteiger partial charge on any atom is 0.108 e. The Morgan fingerprint density at radius 1 is 1.18 bits per heavy atom. The molecule has 3 atom stereocenters. The molecule has 3 unspecified atom stereocenters. The molecule has 0 aliphatic carbocycles. The van der Waals surface area contributed by atoms with Gasteiger partial charge in [-0.1, -0.05) is 70.9 Å². The number of nitrogens with one attached hydrogen (secondary N) is 1. The summed E-state index contributed by atoms with van der Waals surface area (Å²) >= 11 is 0. The van der Waals surface area contributed by atoms with Crippen LogP contribution in [0.2, 0.25) is 0 Å². The Bertz CT molecular complexity index is 423. The molecule has 1 N–H and O–H groups in total. The summed E-state index contributed by atoms with van der Waals surface area (Å²) in [5.74, 6) is 1.53. The Balaban J connectivity index is 1.90. The minimum atomic E-state index is 0.209. The third-order valence-corrected chi connectivity index (χ3v) is 4.99. The van der Waals surface area contributed by atoms with Crippen molar-refractivity contribution in [1.82, 2.24) is 5.32 Å². The molecule has 124 valence electrons. The molecule has 0 spiro atoms. The summed E-state index contributed by atoms with van der Waals surface area (Å²) in [6.07, 6.45) is 5.32. The van der Waals surface area contributed by atoms with Crippen molar-refractivity contribution < 1.29 is 4.74 Å². The predicted octanol–water partition coefficient (Wildman–Crippen LogP) is 4.99. The van der Waals surface area contributed by atoms with Crippen molar-refractivity contribution in [1.29, 1.82) is 0 Å². The highest BCUT2D eigenvalue weighted by atomic mass is 16.5. The average molecular weight is 303 g/mol. The fourth-order valence-corrected chi connectivity index (χ4v) is 3.64. The van der Waals surface area contributed by atoms with E-state index in [1.807, 2.05) is 0 Å². The van der Waals surface area contributed by atoms with Crippen molar-refractivity contribution >= 4 is 0 Å². The normalized spacial score (nSPS) is 26.1. The number of rotatable bonds is 6. The zero-order valence-corrected chi connectivity index (χ0v) is 14.8. The summed E-state index contributed by atoms with van der Waals surface area (Å²) in [6.45, 7) is 11.2. The standard InChI is InChI=1S/C20H33NO/c1-5-6-12-17-13-19(21-14-18(17)20(2,3)4)22-15-16-10-8-7-9-11-16/h7-11,17-19,21H,5-6,12-15H2,1-4H3. The lowest BCUT2D eigenvalue weighted by atomic mass is 9.68. The van der Waals surface area contributed by atoms with Gasteiger partial charge in [0, 0.05) is 6.54 Å². The van der Waals surface area contributed by atoms with Gasteiger partial charge in [0.25, 0.3) is 0 Å². The Morgan fingerprint density at radius 3 is 2.55 bits per heavy atom. The molecule has 2 rings (SSSR count). The van der Waals surface area contributed by atoms with Crippen LogP contribution in [0.1, 0.15) is 58.9 Å². The number of unbranched alkanes of at least 4 members (excludes halogenated alkanes) is 1. The van der Waals surface area contributed by atoms with Crippen LogP contribution in [-0.4, -0.2) is 12.8 Å². The molecule has 2 heteroatoms. The van der Waals surface area contributed by atoms with Crippen molar-refractivity contribution in [3.05, 3.63) is 35.9 Å². The van der Waals surface area contributed by atoms with Crippen LogP contribution in [0.5, 0.6) is 0 Å². The molecule has 1 aliphatic heterocycles. The first-order chi connectivity index (χ1) is 10.5. The second kappa shape index (κ2) is 8.12. The molecule has 2 nitrogen and oxygen atoms in total. The van der Waals surface area contributed by atoms with Gasteiger partial charge in [-0.3, -0.25) is 5.32 Å². The van der Waals surface area contributed by atoms with Crippen LogP contribution in [0.3, 0.4) is 0 Å². The number of hydrogen-bond donors (Lipinski definition) is 1. The van der Waals surface area contributed by atoms with Crippen LogP contribution in [0.15, 0.2) is 30.3 Å². The summed E-state index contributed by atoms with van der Waals surface area (Å²) in [5.41, 5.74) is 1.63. The van der Waals surface area contributed by atoms with E-state index in [4.69, 9.17) is 4.74 Å². The van der Waals surface area contributed by atoms with Gasteiger partial charge in [-0.25, -0.2) is 0 Å². The molecule has 0 saturated carbocycles. The second-order valence-corrected chi connectivity index (χ2v) is 7.80. The van der Waals surface area contributed by atoms with Crippen LogP contribution in [0.25, 0.3) is 0 Å². The quantitative estimate of drug-likeness (QED) is 0.799. The second-order valence-electron chi connectivity index (χ2n) is 7.80. The first-order valence-electron chi connectivity index (χ1n) is 8.89. The molecular weight excluding hydrogens is 270 g/mol. The minimum absolute atomic E-state index is 0.209. The van der Waals surface area contributed by atoms with Gasteiger partial charge in [-0.05, 0) is 35.7 Å². The summed E-state index contributed by atoms with van der Waals surface area (Å²) < 4.78 is 6.13. The molecule has 0 bridgehead atoms. The van der Waals surface area contributed by atoms with E-state index in [0.717, 1.165) is 24.8 Å². The Kier molecular flexibility index (Phi) is 6.46. The molecule has 1 aliphatic rings. The average Bonchev–Trinajstić information content (AvgIpc) is 2.51. The molecule has 1 aromatic carbocycles. The van der Waals surface area contributed by atoms with Gasteiger partial charge in [0.1, 0.15) is 6.23 Å².